The number of hydrogen-bond donors (Lipinski definition) is 1. The minimum absolute atomic E-state index is 0.0622. The lowest BCUT2D eigenvalue weighted by molar-refractivity contribution is -0.127. The number of nitrogens with one attached hydrogen (secondary N) is 1. The molecule has 1 aromatic carbocycles. The fourth-order valence-corrected chi connectivity index (χ4v) is 2.50. The third-order valence-electron chi connectivity index (χ3n) is 3.96. The average molecular weight is 309 g/mol. The van der Waals surface area contributed by atoms with Gasteiger partial charge in [-0.15, -0.1) is 0 Å². The van der Waals surface area contributed by atoms with Gasteiger partial charge in [-0.25, -0.2) is 0 Å². The fourth-order valence-electron chi connectivity index (χ4n) is 2.32. The summed E-state index contributed by atoms with van der Waals surface area (Å²) in [7, 11) is 0. The van der Waals surface area contributed by atoms with E-state index in [1.54, 1.807) is 11.0 Å². The standard InChI is InChI=1S/C16H21ClN2O2/c1-11-6-7-14(10-15(11)17)19(12(2)20)9-8-18-16(21)13-4-3-5-13/h6-7,10,13H,3-5,8-9H2,1-2H3,(H,18,21). The van der Waals surface area contributed by atoms with Crippen molar-refractivity contribution in [1.29, 1.82) is 0 Å². The highest BCUT2D eigenvalue weighted by Crippen LogP contribution is 2.26. The number of anilines is 1. The van der Waals surface area contributed by atoms with Crippen molar-refractivity contribution in [3.05, 3.63) is 28.8 Å². The topological polar surface area (TPSA) is 49.4 Å². The molecule has 0 saturated heterocycles. The van der Waals surface area contributed by atoms with Gasteiger partial charge in [0, 0.05) is 36.6 Å². The van der Waals surface area contributed by atoms with Gasteiger partial charge in [-0.05, 0) is 37.5 Å². The third kappa shape index (κ3) is 3.97. The van der Waals surface area contributed by atoms with E-state index in [4.69, 9.17) is 11.6 Å². The Morgan fingerprint density at radius 2 is 2.10 bits per heavy atom. The van der Waals surface area contributed by atoms with Gasteiger partial charge in [-0.2, -0.15) is 0 Å². The monoisotopic (exact) mass is 308 g/mol. The molecule has 0 unspecified atom stereocenters. The van der Waals surface area contributed by atoms with Crippen LogP contribution < -0.4 is 10.2 Å². The van der Waals surface area contributed by atoms with Crippen molar-refractivity contribution in [1.82, 2.24) is 5.32 Å². The highest BCUT2D eigenvalue weighted by molar-refractivity contribution is 6.31. The van der Waals surface area contributed by atoms with E-state index >= 15 is 0 Å². The summed E-state index contributed by atoms with van der Waals surface area (Å²) in [6, 6.07) is 5.54. The fraction of sp³-hybridized carbons (Fsp3) is 0.500. The quantitative estimate of drug-likeness (QED) is 0.909. The summed E-state index contributed by atoms with van der Waals surface area (Å²) in [4.78, 5) is 25.2. The maximum atomic E-state index is 11.8. The van der Waals surface area contributed by atoms with Crippen molar-refractivity contribution in [3.63, 3.8) is 0 Å². The summed E-state index contributed by atoms with van der Waals surface area (Å²) in [5.41, 5.74) is 1.73. The molecule has 21 heavy (non-hydrogen) atoms. The number of hydrogen-bond acceptors (Lipinski definition) is 2. The van der Waals surface area contributed by atoms with Crippen LogP contribution in [-0.4, -0.2) is 24.9 Å². The Hall–Kier alpha value is -1.55. The van der Waals surface area contributed by atoms with Gasteiger partial charge in [0.05, 0.1) is 0 Å². The lowest BCUT2D eigenvalue weighted by Gasteiger charge is -2.26. The van der Waals surface area contributed by atoms with Gasteiger partial charge < -0.3 is 10.2 Å². The van der Waals surface area contributed by atoms with Gasteiger partial charge in [0.2, 0.25) is 11.8 Å². The maximum absolute atomic E-state index is 11.8. The second kappa shape index (κ2) is 6.94. The van der Waals surface area contributed by atoms with Crippen LogP contribution in [0, 0.1) is 12.8 Å². The molecule has 0 spiro atoms. The summed E-state index contributed by atoms with van der Waals surface area (Å²) in [6.45, 7) is 4.35. The molecule has 0 aromatic heterocycles. The first-order valence-electron chi connectivity index (χ1n) is 7.31. The summed E-state index contributed by atoms with van der Waals surface area (Å²) in [6.07, 6.45) is 3.10. The molecule has 0 bridgehead atoms. The van der Waals surface area contributed by atoms with Crippen LogP contribution in [0.3, 0.4) is 0 Å². The van der Waals surface area contributed by atoms with E-state index in [9.17, 15) is 9.59 Å². The minimum atomic E-state index is -0.0622. The molecule has 1 saturated carbocycles. The van der Waals surface area contributed by atoms with Crippen molar-refractivity contribution in [2.75, 3.05) is 18.0 Å². The first kappa shape index (κ1) is 15.8. The molecule has 1 aromatic rings. The Kier molecular flexibility index (Phi) is 5.23. The predicted molar refractivity (Wildman–Crippen MR) is 84.6 cm³/mol. The van der Waals surface area contributed by atoms with Crippen LogP contribution in [0.5, 0.6) is 0 Å². The molecule has 0 radical (unpaired) electrons. The van der Waals surface area contributed by atoms with Crippen molar-refractivity contribution in [3.8, 4) is 0 Å². The lowest BCUT2D eigenvalue weighted by Crippen LogP contribution is -2.41. The molecule has 0 heterocycles. The van der Waals surface area contributed by atoms with Gasteiger partial charge in [0.15, 0.2) is 0 Å². The summed E-state index contributed by atoms with van der Waals surface area (Å²) in [5, 5.41) is 3.54. The van der Waals surface area contributed by atoms with Crippen LogP contribution in [0.2, 0.25) is 5.02 Å². The molecule has 2 amide bonds. The highest BCUT2D eigenvalue weighted by atomic mass is 35.5. The maximum Gasteiger partial charge on any atom is 0.223 e. The van der Waals surface area contributed by atoms with E-state index in [1.165, 1.54) is 6.92 Å². The highest BCUT2D eigenvalue weighted by Gasteiger charge is 2.24. The molecular formula is C16H21ClN2O2. The molecule has 1 N–H and O–H groups in total. The number of rotatable bonds is 5. The average Bonchev–Trinajstić information content (AvgIpc) is 2.35. The van der Waals surface area contributed by atoms with E-state index in [-0.39, 0.29) is 17.7 Å². The first-order valence-corrected chi connectivity index (χ1v) is 7.69. The Labute approximate surface area is 130 Å². The number of halogens is 1. The van der Waals surface area contributed by atoms with Gasteiger partial charge in [-0.3, -0.25) is 9.59 Å². The Balaban J connectivity index is 1.93. The number of amides is 2. The zero-order chi connectivity index (χ0) is 15.4. The van der Waals surface area contributed by atoms with Crippen LogP contribution in [0.15, 0.2) is 18.2 Å². The van der Waals surface area contributed by atoms with Crippen LogP contribution >= 0.6 is 11.6 Å². The lowest BCUT2D eigenvalue weighted by atomic mass is 9.85. The van der Waals surface area contributed by atoms with E-state index in [1.807, 2.05) is 19.1 Å². The molecular weight excluding hydrogens is 288 g/mol. The van der Waals surface area contributed by atoms with E-state index < -0.39 is 0 Å². The number of carbonyl (C=O) groups excluding carboxylic acids is 2. The normalized spacial score (nSPS) is 14.4. The Morgan fingerprint density at radius 3 is 2.62 bits per heavy atom. The summed E-state index contributed by atoms with van der Waals surface area (Å²) >= 11 is 6.11. The van der Waals surface area contributed by atoms with E-state index in [0.717, 1.165) is 30.5 Å². The zero-order valence-corrected chi connectivity index (χ0v) is 13.2. The number of aryl methyl sites for hydroxylation is 1. The van der Waals surface area contributed by atoms with Gasteiger partial charge >= 0.3 is 0 Å². The minimum Gasteiger partial charge on any atom is -0.354 e. The van der Waals surface area contributed by atoms with Gasteiger partial charge in [0.1, 0.15) is 0 Å². The van der Waals surface area contributed by atoms with Gasteiger partial charge in [0.25, 0.3) is 0 Å². The second-order valence-corrected chi connectivity index (χ2v) is 5.93. The number of benzene rings is 1. The number of carbonyl (C=O) groups is 2. The molecule has 1 fully saturated rings. The third-order valence-corrected chi connectivity index (χ3v) is 4.37. The summed E-state index contributed by atoms with van der Waals surface area (Å²) < 4.78 is 0. The van der Waals surface area contributed by atoms with Crippen molar-refractivity contribution in [2.24, 2.45) is 5.92 Å². The van der Waals surface area contributed by atoms with Crippen LogP contribution in [0.4, 0.5) is 5.69 Å². The largest absolute Gasteiger partial charge is 0.354 e. The summed E-state index contributed by atoms with van der Waals surface area (Å²) in [5.74, 6) is 0.212. The van der Waals surface area contributed by atoms with Crippen LogP contribution in [0.1, 0.15) is 31.7 Å². The van der Waals surface area contributed by atoms with Gasteiger partial charge in [-0.1, -0.05) is 24.1 Å². The number of nitrogens with zero attached hydrogens (tertiary/aromatic N) is 1. The molecule has 0 aliphatic heterocycles. The molecule has 4 nitrogen and oxygen atoms in total. The van der Waals surface area contributed by atoms with E-state index in [0.29, 0.717) is 18.1 Å². The Morgan fingerprint density at radius 1 is 1.38 bits per heavy atom. The smallest absolute Gasteiger partial charge is 0.223 e. The molecule has 2 rings (SSSR count). The van der Waals surface area contributed by atoms with Crippen molar-refractivity contribution >= 4 is 29.1 Å². The van der Waals surface area contributed by atoms with E-state index in [2.05, 4.69) is 5.32 Å². The van der Waals surface area contributed by atoms with Crippen molar-refractivity contribution < 1.29 is 9.59 Å². The molecule has 0 atom stereocenters. The Bertz CT molecular complexity index is 541. The molecule has 114 valence electrons. The SMILES string of the molecule is CC(=O)N(CCNC(=O)C1CCC1)c1ccc(C)c(Cl)c1. The zero-order valence-electron chi connectivity index (χ0n) is 12.5. The molecule has 1 aliphatic rings. The predicted octanol–water partition coefficient (Wildman–Crippen LogP) is 2.92. The molecule has 5 heteroatoms. The molecule has 1 aliphatic carbocycles. The van der Waals surface area contributed by atoms with Crippen LogP contribution in [0.25, 0.3) is 0 Å². The van der Waals surface area contributed by atoms with Crippen LogP contribution in [-0.2, 0) is 9.59 Å². The second-order valence-electron chi connectivity index (χ2n) is 5.52. The van der Waals surface area contributed by atoms with Crippen molar-refractivity contribution in [2.45, 2.75) is 33.1 Å². The first-order chi connectivity index (χ1) is 9.99.